The van der Waals surface area contributed by atoms with Crippen molar-refractivity contribution in [2.24, 2.45) is 0 Å². The van der Waals surface area contributed by atoms with Gasteiger partial charge in [0.1, 0.15) is 5.56 Å². The molecular weight excluding hydrogens is 408 g/mol. The molecule has 1 amide bonds. The Morgan fingerprint density at radius 2 is 1.39 bits per heavy atom. The summed E-state index contributed by atoms with van der Waals surface area (Å²) in [7, 11) is 0. The van der Waals surface area contributed by atoms with Crippen molar-refractivity contribution >= 4 is 11.6 Å². The van der Waals surface area contributed by atoms with E-state index >= 15 is 0 Å². The van der Waals surface area contributed by atoms with Crippen LogP contribution in [0.5, 0.6) is 0 Å². The number of carbonyl (C=O) groups is 1. The minimum absolute atomic E-state index is 0.136. The Bertz CT molecular complexity index is 1410. The molecule has 0 unspecified atom stereocenters. The van der Waals surface area contributed by atoms with E-state index in [1.807, 2.05) is 106 Å². The molecule has 0 saturated carbocycles. The smallest absolute Gasteiger partial charge is 0.261 e. The van der Waals surface area contributed by atoms with Crippen LogP contribution in [0.2, 0.25) is 0 Å². The number of aryl methyl sites for hydroxylation is 5. The summed E-state index contributed by atoms with van der Waals surface area (Å²) in [5.41, 5.74) is 7.72. The van der Waals surface area contributed by atoms with Crippen molar-refractivity contribution in [2.45, 2.75) is 34.6 Å². The van der Waals surface area contributed by atoms with Gasteiger partial charge >= 0.3 is 0 Å². The predicted octanol–water partition coefficient (Wildman–Crippen LogP) is 6.30. The fraction of sp³-hybridized carbons (Fsp3) is 0.172. The third-order valence-electron chi connectivity index (χ3n) is 5.99. The molecule has 33 heavy (non-hydrogen) atoms. The highest BCUT2D eigenvalue weighted by Gasteiger charge is 2.24. The average molecular weight is 437 g/mol. The van der Waals surface area contributed by atoms with Gasteiger partial charge in [0, 0.05) is 23.1 Å². The maximum absolute atomic E-state index is 13.7. The van der Waals surface area contributed by atoms with Gasteiger partial charge < -0.3 is 9.88 Å². The summed E-state index contributed by atoms with van der Waals surface area (Å²) in [5, 5.41) is 3.02. The lowest BCUT2D eigenvalue weighted by molar-refractivity contribution is 0.102. The van der Waals surface area contributed by atoms with Crippen LogP contribution in [0.25, 0.3) is 16.9 Å². The third-order valence-corrected chi connectivity index (χ3v) is 5.99. The molecule has 1 N–H and O–H groups in total. The molecule has 0 radical (unpaired) electrons. The number of amides is 1. The Morgan fingerprint density at radius 3 is 2.06 bits per heavy atom. The van der Waals surface area contributed by atoms with Gasteiger partial charge in [-0.2, -0.15) is 0 Å². The van der Waals surface area contributed by atoms with Gasteiger partial charge in [-0.05, 0) is 69.0 Å². The number of carbonyl (C=O) groups excluding carboxylic acids is 1. The second kappa shape index (κ2) is 8.91. The lowest BCUT2D eigenvalue weighted by Gasteiger charge is -2.22. The number of anilines is 1. The third kappa shape index (κ3) is 4.24. The van der Waals surface area contributed by atoms with Crippen molar-refractivity contribution in [1.82, 2.24) is 4.57 Å². The molecule has 4 nitrogen and oxygen atoms in total. The zero-order valence-corrected chi connectivity index (χ0v) is 19.7. The van der Waals surface area contributed by atoms with Crippen LogP contribution in [0.15, 0.2) is 77.6 Å². The Balaban J connectivity index is 2.03. The van der Waals surface area contributed by atoms with E-state index in [4.69, 9.17) is 0 Å². The number of rotatable bonds is 4. The number of hydrogen-bond acceptors (Lipinski definition) is 2. The molecule has 0 aliphatic heterocycles. The van der Waals surface area contributed by atoms with Crippen molar-refractivity contribution in [3.05, 3.63) is 117 Å². The summed E-state index contributed by atoms with van der Waals surface area (Å²) in [6, 6.07) is 23.3. The van der Waals surface area contributed by atoms with E-state index in [9.17, 15) is 9.59 Å². The summed E-state index contributed by atoms with van der Waals surface area (Å²) >= 11 is 0. The summed E-state index contributed by atoms with van der Waals surface area (Å²) < 4.78 is 2.02. The summed E-state index contributed by atoms with van der Waals surface area (Å²) in [5.74, 6) is -0.406. The molecule has 3 aromatic carbocycles. The molecule has 166 valence electrons. The second-order valence-corrected chi connectivity index (χ2v) is 8.59. The molecule has 0 atom stereocenters. The number of aromatic nitrogens is 1. The van der Waals surface area contributed by atoms with Crippen LogP contribution in [0.4, 0.5) is 5.69 Å². The SMILES string of the molecule is Cc1cccc(-c2c(C(=O)Nc3c(C)cccc3C)c(=O)cc(C)n2-c2ccccc2C)c1. The highest BCUT2D eigenvalue weighted by atomic mass is 16.2. The van der Waals surface area contributed by atoms with Gasteiger partial charge in [-0.25, -0.2) is 0 Å². The van der Waals surface area contributed by atoms with Crippen molar-refractivity contribution in [3.63, 3.8) is 0 Å². The molecule has 0 fully saturated rings. The van der Waals surface area contributed by atoms with Crippen molar-refractivity contribution in [2.75, 3.05) is 5.32 Å². The molecule has 0 bridgehead atoms. The zero-order valence-electron chi connectivity index (χ0n) is 19.7. The highest BCUT2D eigenvalue weighted by Crippen LogP contribution is 2.30. The van der Waals surface area contributed by atoms with Gasteiger partial charge in [0.2, 0.25) is 0 Å². The molecular formula is C29H28N2O2. The minimum Gasteiger partial charge on any atom is -0.321 e. The summed E-state index contributed by atoms with van der Waals surface area (Å²) in [4.78, 5) is 27.0. The first-order valence-corrected chi connectivity index (χ1v) is 11.0. The Kier molecular flexibility index (Phi) is 6.01. The fourth-order valence-corrected chi connectivity index (χ4v) is 4.33. The standard InChI is InChI=1S/C29H28N2O2/c1-18-10-8-14-23(16-18)28-26(29(33)30-27-20(3)12-9-13-21(27)4)25(32)17-22(5)31(28)24-15-7-6-11-19(24)2/h6-17H,1-5H3,(H,30,33). The van der Waals surface area contributed by atoms with Gasteiger partial charge in [0.25, 0.3) is 5.91 Å². The maximum Gasteiger partial charge on any atom is 0.261 e. The molecule has 4 aromatic rings. The minimum atomic E-state index is -0.406. The first kappa shape index (κ1) is 22.3. The number of benzene rings is 3. The lowest BCUT2D eigenvalue weighted by Crippen LogP contribution is -2.27. The molecule has 4 rings (SSSR count). The van der Waals surface area contributed by atoms with E-state index in [0.717, 1.165) is 44.9 Å². The largest absolute Gasteiger partial charge is 0.321 e. The summed E-state index contributed by atoms with van der Waals surface area (Å²) in [6.45, 7) is 9.84. The van der Waals surface area contributed by atoms with Crippen molar-refractivity contribution in [1.29, 1.82) is 0 Å². The molecule has 0 aliphatic rings. The maximum atomic E-state index is 13.7. The molecule has 1 heterocycles. The highest BCUT2D eigenvalue weighted by molar-refractivity contribution is 6.09. The average Bonchev–Trinajstić information content (AvgIpc) is 2.76. The van der Waals surface area contributed by atoms with Crippen LogP contribution < -0.4 is 10.7 Å². The van der Waals surface area contributed by atoms with Gasteiger partial charge in [0.15, 0.2) is 5.43 Å². The molecule has 1 aromatic heterocycles. The summed E-state index contributed by atoms with van der Waals surface area (Å²) in [6.07, 6.45) is 0. The molecule has 0 spiro atoms. The van der Waals surface area contributed by atoms with Gasteiger partial charge in [-0.15, -0.1) is 0 Å². The number of hydrogen-bond donors (Lipinski definition) is 1. The number of nitrogens with zero attached hydrogens (tertiary/aromatic N) is 1. The van der Waals surface area contributed by atoms with Crippen molar-refractivity contribution < 1.29 is 4.79 Å². The van der Waals surface area contributed by atoms with Crippen molar-refractivity contribution in [3.8, 4) is 16.9 Å². The van der Waals surface area contributed by atoms with E-state index in [2.05, 4.69) is 5.32 Å². The monoisotopic (exact) mass is 436 g/mol. The Labute approximate surface area is 194 Å². The Hall–Kier alpha value is -3.92. The van der Waals surface area contributed by atoms with E-state index in [1.54, 1.807) is 6.07 Å². The topological polar surface area (TPSA) is 51.1 Å². The van der Waals surface area contributed by atoms with Crippen LogP contribution in [-0.2, 0) is 0 Å². The number of pyridine rings is 1. The van der Waals surface area contributed by atoms with E-state index in [0.29, 0.717) is 5.69 Å². The molecule has 0 saturated heterocycles. The Morgan fingerprint density at radius 1 is 0.758 bits per heavy atom. The normalized spacial score (nSPS) is 10.8. The quantitative estimate of drug-likeness (QED) is 0.408. The second-order valence-electron chi connectivity index (χ2n) is 8.59. The van der Waals surface area contributed by atoms with Crippen LogP contribution in [-0.4, -0.2) is 10.5 Å². The van der Waals surface area contributed by atoms with E-state index in [-0.39, 0.29) is 11.0 Å². The van der Waals surface area contributed by atoms with Crippen LogP contribution in [0.1, 0.15) is 38.3 Å². The van der Waals surface area contributed by atoms with Gasteiger partial charge in [0.05, 0.1) is 5.69 Å². The predicted molar refractivity (Wildman–Crippen MR) is 136 cm³/mol. The van der Waals surface area contributed by atoms with Crippen LogP contribution in [0.3, 0.4) is 0 Å². The van der Waals surface area contributed by atoms with Gasteiger partial charge in [-0.3, -0.25) is 9.59 Å². The van der Waals surface area contributed by atoms with Crippen LogP contribution in [0, 0.1) is 34.6 Å². The van der Waals surface area contributed by atoms with E-state index in [1.165, 1.54) is 0 Å². The number of para-hydroxylation sites is 2. The number of nitrogens with one attached hydrogen (secondary N) is 1. The lowest BCUT2D eigenvalue weighted by atomic mass is 9.99. The first-order chi connectivity index (χ1) is 15.8. The molecule has 0 aliphatic carbocycles. The first-order valence-electron chi connectivity index (χ1n) is 11.0. The van der Waals surface area contributed by atoms with Crippen LogP contribution >= 0.6 is 0 Å². The fourth-order valence-electron chi connectivity index (χ4n) is 4.33. The zero-order chi connectivity index (χ0) is 23.7. The van der Waals surface area contributed by atoms with Gasteiger partial charge in [-0.1, -0.05) is 60.2 Å². The molecule has 4 heteroatoms. The van der Waals surface area contributed by atoms with E-state index < -0.39 is 5.91 Å².